The van der Waals surface area contributed by atoms with Crippen molar-refractivity contribution in [2.45, 2.75) is 64.0 Å². The predicted molar refractivity (Wildman–Crippen MR) is 150 cm³/mol. The molecule has 40 heavy (non-hydrogen) atoms. The number of carbonyl (C=O) groups excluding carboxylic acids is 2. The van der Waals surface area contributed by atoms with Crippen molar-refractivity contribution in [1.29, 1.82) is 0 Å². The molecule has 2 aliphatic carbocycles. The van der Waals surface area contributed by atoms with Crippen LogP contribution in [0.4, 0.5) is 0 Å². The van der Waals surface area contributed by atoms with Crippen molar-refractivity contribution in [3.05, 3.63) is 35.9 Å². The summed E-state index contributed by atoms with van der Waals surface area (Å²) in [6.07, 6.45) is 8.53. The summed E-state index contributed by atoms with van der Waals surface area (Å²) in [4.78, 5) is 38.1. The van der Waals surface area contributed by atoms with Crippen LogP contribution in [0, 0.1) is 24.7 Å². The van der Waals surface area contributed by atoms with Gasteiger partial charge in [0.15, 0.2) is 11.4 Å². The van der Waals surface area contributed by atoms with Gasteiger partial charge in [0, 0.05) is 36.5 Å². The molecule has 2 aromatic rings. The molecule has 1 spiro atoms. The maximum Gasteiger partial charge on any atom is 0.341 e. The van der Waals surface area contributed by atoms with Gasteiger partial charge in [-0.2, -0.15) is 0 Å². The highest BCUT2D eigenvalue weighted by Crippen LogP contribution is 2.53. The van der Waals surface area contributed by atoms with Crippen molar-refractivity contribution in [1.82, 2.24) is 9.88 Å². The number of allylic oxidation sites excluding steroid dienone is 1. The van der Waals surface area contributed by atoms with Gasteiger partial charge < -0.3 is 23.8 Å². The molecular formula is C31H37N3O6. The second-order valence-electron chi connectivity index (χ2n) is 11.4. The standard InChI is InChI=1S/C31H37N3O6/c1-5-38-26-16-25(21-11-12-24(37-4)18(2)27(21)32-26)39-20-14-22-23(15-20)29(35)34(3)13-9-7-6-8-10-19-17-31(19)30(36)40-28(22)33-31/h8,10-12,16,19-20,22-23H,5-7,9,13-15,17H2,1-4H3/t19-,20-,22-,23-,31-/m1/s1. The molecule has 0 saturated heterocycles. The molecule has 2 bridgehead atoms. The number of rotatable bonds is 5. The van der Waals surface area contributed by atoms with E-state index >= 15 is 0 Å². The number of hydrogen-bond donors (Lipinski definition) is 0. The first-order chi connectivity index (χ1) is 19.3. The number of methoxy groups -OCH3 is 1. The Morgan fingerprint density at radius 1 is 1.15 bits per heavy atom. The average molecular weight is 548 g/mol. The zero-order valence-electron chi connectivity index (χ0n) is 23.6. The van der Waals surface area contributed by atoms with Gasteiger partial charge in [0.2, 0.25) is 11.8 Å². The Morgan fingerprint density at radius 2 is 1.98 bits per heavy atom. The number of hydrogen-bond acceptors (Lipinski definition) is 8. The smallest absolute Gasteiger partial charge is 0.341 e. The van der Waals surface area contributed by atoms with Crippen LogP contribution in [0.15, 0.2) is 35.3 Å². The van der Waals surface area contributed by atoms with Gasteiger partial charge in [-0.3, -0.25) is 4.79 Å². The molecule has 5 atom stereocenters. The number of carbonyl (C=O) groups is 2. The van der Waals surface area contributed by atoms with E-state index in [9.17, 15) is 9.59 Å². The van der Waals surface area contributed by atoms with Gasteiger partial charge in [-0.15, -0.1) is 0 Å². The normalized spacial score (nSPS) is 29.8. The monoisotopic (exact) mass is 547 g/mol. The van der Waals surface area contributed by atoms with E-state index < -0.39 is 5.54 Å². The van der Waals surface area contributed by atoms with E-state index in [4.69, 9.17) is 28.9 Å². The van der Waals surface area contributed by atoms with Crippen LogP contribution in [-0.4, -0.2) is 66.6 Å². The van der Waals surface area contributed by atoms with Gasteiger partial charge in [0.05, 0.1) is 31.1 Å². The van der Waals surface area contributed by atoms with Gasteiger partial charge in [0.1, 0.15) is 17.6 Å². The Labute approximate surface area is 234 Å². The zero-order valence-corrected chi connectivity index (χ0v) is 23.6. The van der Waals surface area contributed by atoms with Crippen molar-refractivity contribution in [3.63, 3.8) is 0 Å². The highest BCUT2D eigenvalue weighted by atomic mass is 16.6. The Morgan fingerprint density at radius 3 is 2.77 bits per heavy atom. The molecule has 0 N–H and O–H groups in total. The number of pyridine rings is 1. The van der Waals surface area contributed by atoms with Gasteiger partial charge >= 0.3 is 5.97 Å². The fraction of sp³-hybridized carbons (Fsp3) is 0.548. The number of fused-ring (bicyclic) bond motifs is 3. The molecule has 2 saturated carbocycles. The first-order valence-corrected chi connectivity index (χ1v) is 14.4. The van der Waals surface area contributed by atoms with Crippen LogP contribution in [-0.2, 0) is 14.3 Å². The lowest BCUT2D eigenvalue weighted by Gasteiger charge is -2.24. The third kappa shape index (κ3) is 4.59. The molecule has 9 heteroatoms. The molecule has 9 nitrogen and oxygen atoms in total. The van der Waals surface area contributed by atoms with Gasteiger partial charge in [0.25, 0.3) is 0 Å². The van der Waals surface area contributed by atoms with Crippen molar-refractivity contribution in [3.8, 4) is 17.4 Å². The van der Waals surface area contributed by atoms with Crippen LogP contribution in [0.5, 0.6) is 17.4 Å². The number of aliphatic imine (C=N–C) groups is 1. The fourth-order valence-corrected chi connectivity index (χ4v) is 6.45. The predicted octanol–water partition coefficient (Wildman–Crippen LogP) is 4.64. The van der Waals surface area contributed by atoms with Gasteiger partial charge in [-0.05, 0) is 64.5 Å². The Bertz CT molecular complexity index is 1400. The molecule has 2 fully saturated rings. The van der Waals surface area contributed by atoms with Crippen molar-refractivity contribution >= 4 is 28.7 Å². The van der Waals surface area contributed by atoms with Crippen molar-refractivity contribution in [2.24, 2.45) is 22.7 Å². The lowest BCUT2D eigenvalue weighted by atomic mass is 9.94. The molecule has 0 unspecified atom stereocenters. The average Bonchev–Trinajstić information content (AvgIpc) is 3.30. The van der Waals surface area contributed by atoms with Crippen LogP contribution in [0.2, 0.25) is 0 Å². The largest absolute Gasteiger partial charge is 0.496 e. The number of aromatic nitrogens is 1. The first-order valence-electron chi connectivity index (χ1n) is 14.4. The lowest BCUT2D eigenvalue weighted by molar-refractivity contribution is -0.138. The third-order valence-corrected chi connectivity index (χ3v) is 8.79. The molecule has 1 aromatic heterocycles. The molecule has 1 amide bonds. The summed E-state index contributed by atoms with van der Waals surface area (Å²) in [5, 5.41) is 0.847. The summed E-state index contributed by atoms with van der Waals surface area (Å²) < 4.78 is 23.7. The zero-order chi connectivity index (χ0) is 28.0. The van der Waals surface area contributed by atoms with Crippen LogP contribution in [0.1, 0.15) is 51.0 Å². The van der Waals surface area contributed by atoms with E-state index in [0.29, 0.717) is 49.9 Å². The Hall–Kier alpha value is -3.62. The molecule has 3 heterocycles. The molecule has 2 aliphatic heterocycles. The number of benzene rings is 1. The second kappa shape index (κ2) is 10.4. The highest BCUT2D eigenvalue weighted by molar-refractivity contribution is 6.04. The summed E-state index contributed by atoms with van der Waals surface area (Å²) in [5.74, 6) is 1.37. The van der Waals surface area contributed by atoms with E-state index in [1.54, 1.807) is 7.11 Å². The minimum Gasteiger partial charge on any atom is -0.496 e. The molecule has 1 aromatic carbocycles. The van der Waals surface area contributed by atoms with Crippen LogP contribution < -0.4 is 14.2 Å². The molecule has 0 radical (unpaired) electrons. The van der Waals surface area contributed by atoms with E-state index in [0.717, 1.165) is 41.5 Å². The van der Waals surface area contributed by atoms with E-state index in [1.165, 1.54) is 0 Å². The minimum atomic E-state index is -0.807. The molecular weight excluding hydrogens is 510 g/mol. The molecule has 212 valence electrons. The maximum absolute atomic E-state index is 13.7. The summed E-state index contributed by atoms with van der Waals surface area (Å²) in [5.41, 5.74) is 0.837. The number of esters is 1. The van der Waals surface area contributed by atoms with E-state index in [2.05, 4.69) is 12.2 Å². The second-order valence-corrected chi connectivity index (χ2v) is 11.4. The maximum atomic E-state index is 13.7. The van der Waals surface area contributed by atoms with Crippen molar-refractivity contribution < 1.29 is 28.5 Å². The quantitative estimate of drug-likeness (QED) is 0.397. The van der Waals surface area contributed by atoms with E-state index in [1.807, 2.05) is 44.0 Å². The summed E-state index contributed by atoms with van der Waals surface area (Å²) >= 11 is 0. The molecule has 6 rings (SSSR count). The SMILES string of the molecule is CCOc1cc(O[C@H]2C[C@H]3C(=O)N(C)CCCCC=C[C@@H]4C[C@@]45N=C(OC5=O)[C@@H]3C2)c2ccc(OC)c(C)c2n1. The van der Waals surface area contributed by atoms with Crippen LogP contribution in [0.3, 0.4) is 0 Å². The van der Waals surface area contributed by atoms with Gasteiger partial charge in [-0.1, -0.05) is 12.2 Å². The number of ether oxygens (including phenoxy) is 4. The first kappa shape index (κ1) is 26.6. The minimum absolute atomic E-state index is 0.0471. The number of amides is 1. The topological polar surface area (TPSA) is 99.6 Å². The molecule has 4 aliphatic rings. The van der Waals surface area contributed by atoms with E-state index in [-0.39, 0.29) is 35.7 Å². The lowest BCUT2D eigenvalue weighted by Crippen LogP contribution is -2.37. The highest BCUT2D eigenvalue weighted by Gasteiger charge is 2.65. The fourth-order valence-electron chi connectivity index (χ4n) is 6.45. The third-order valence-electron chi connectivity index (χ3n) is 8.79. The summed E-state index contributed by atoms with van der Waals surface area (Å²) in [7, 11) is 3.50. The Balaban J connectivity index is 1.33. The van der Waals surface area contributed by atoms with Crippen LogP contribution in [0.25, 0.3) is 10.9 Å². The summed E-state index contributed by atoms with van der Waals surface area (Å²) in [6.45, 7) is 5.04. The summed E-state index contributed by atoms with van der Waals surface area (Å²) in [6, 6.07) is 5.66. The number of nitrogens with zero attached hydrogens (tertiary/aromatic N) is 3. The number of aryl methyl sites for hydroxylation is 1. The van der Waals surface area contributed by atoms with Crippen LogP contribution >= 0.6 is 0 Å². The van der Waals surface area contributed by atoms with Gasteiger partial charge in [-0.25, -0.2) is 14.8 Å². The Kier molecular flexibility index (Phi) is 6.92. The van der Waals surface area contributed by atoms with Crippen molar-refractivity contribution in [2.75, 3.05) is 27.3 Å².